The van der Waals surface area contributed by atoms with E-state index in [-0.39, 0.29) is 11.9 Å². The van der Waals surface area contributed by atoms with Gasteiger partial charge in [-0.05, 0) is 38.3 Å². The van der Waals surface area contributed by atoms with E-state index in [1.54, 1.807) is 0 Å². The van der Waals surface area contributed by atoms with Gasteiger partial charge in [0.25, 0.3) is 5.91 Å². The van der Waals surface area contributed by atoms with E-state index < -0.39 is 0 Å². The number of hydrogen-bond acceptors (Lipinski definition) is 3. The highest BCUT2D eigenvalue weighted by Crippen LogP contribution is 2.33. The Balaban J connectivity index is 1.83. The average molecular weight is 284 g/mol. The number of carbonyl (C=O) groups excluding carboxylic acids is 1. The number of benzene rings is 1. The highest BCUT2D eigenvalue weighted by molar-refractivity contribution is 5.94. The molecule has 4 heteroatoms. The molecular formula is C17H20N2O2. The lowest BCUT2D eigenvalue weighted by Gasteiger charge is -2.22. The van der Waals surface area contributed by atoms with Crippen molar-refractivity contribution in [1.82, 2.24) is 10.1 Å². The highest BCUT2D eigenvalue weighted by atomic mass is 16.5. The van der Waals surface area contributed by atoms with Gasteiger partial charge in [0.15, 0.2) is 5.76 Å². The van der Waals surface area contributed by atoms with Gasteiger partial charge in [-0.15, -0.1) is 0 Å². The summed E-state index contributed by atoms with van der Waals surface area (Å²) in [6.45, 7) is 4.85. The molecule has 1 aliphatic heterocycles. The maximum atomic E-state index is 12.7. The molecule has 1 fully saturated rings. The van der Waals surface area contributed by atoms with Gasteiger partial charge in [0.05, 0.1) is 11.7 Å². The molecule has 1 aromatic carbocycles. The minimum absolute atomic E-state index is 0.0200. The van der Waals surface area contributed by atoms with Crippen molar-refractivity contribution in [2.45, 2.75) is 39.2 Å². The van der Waals surface area contributed by atoms with Crippen LogP contribution in [0.15, 0.2) is 34.9 Å². The van der Waals surface area contributed by atoms with Crippen LogP contribution in [0.1, 0.15) is 53.2 Å². The van der Waals surface area contributed by atoms with Crippen LogP contribution in [0, 0.1) is 6.92 Å². The molecule has 0 radical (unpaired) electrons. The van der Waals surface area contributed by atoms with Gasteiger partial charge in [-0.3, -0.25) is 4.79 Å². The van der Waals surface area contributed by atoms with E-state index in [1.807, 2.05) is 49.1 Å². The van der Waals surface area contributed by atoms with E-state index >= 15 is 0 Å². The van der Waals surface area contributed by atoms with Crippen molar-refractivity contribution >= 4 is 5.91 Å². The van der Waals surface area contributed by atoms with Gasteiger partial charge in [-0.25, -0.2) is 0 Å². The number of hydrogen-bond donors (Lipinski definition) is 0. The lowest BCUT2D eigenvalue weighted by atomic mass is 10.1. The number of aromatic nitrogens is 1. The molecule has 0 aliphatic carbocycles. The Kier molecular flexibility index (Phi) is 3.78. The summed E-state index contributed by atoms with van der Waals surface area (Å²) < 4.78 is 5.43. The number of rotatable bonds is 3. The van der Waals surface area contributed by atoms with Crippen molar-refractivity contribution in [3.05, 3.63) is 52.9 Å². The quantitative estimate of drug-likeness (QED) is 0.866. The Bertz CT molecular complexity index is 630. The van der Waals surface area contributed by atoms with E-state index in [9.17, 15) is 4.79 Å². The molecule has 0 saturated carbocycles. The first-order valence-electron chi connectivity index (χ1n) is 7.52. The van der Waals surface area contributed by atoms with Crippen LogP contribution in [0.5, 0.6) is 0 Å². The maximum absolute atomic E-state index is 12.7. The van der Waals surface area contributed by atoms with Crippen LogP contribution in [0.2, 0.25) is 0 Å². The topological polar surface area (TPSA) is 46.3 Å². The third kappa shape index (κ3) is 2.71. The van der Waals surface area contributed by atoms with Crippen LogP contribution in [0.4, 0.5) is 0 Å². The summed E-state index contributed by atoms with van der Waals surface area (Å²) in [6, 6.07) is 9.73. The summed E-state index contributed by atoms with van der Waals surface area (Å²) in [7, 11) is 0. The third-order valence-corrected chi connectivity index (χ3v) is 4.08. The van der Waals surface area contributed by atoms with Crippen molar-refractivity contribution in [3.63, 3.8) is 0 Å². The molecule has 3 rings (SSSR count). The fourth-order valence-electron chi connectivity index (χ4n) is 2.82. The second-order valence-electron chi connectivity index (χ2n) is 5.60. The highest BCUT2D eigenvalue weighted by Gasteiger charge is 2.33. The van der Waals surface area contributed by atoms with Gasteiger partial charge < -0.3 is 9.42 Å². The molecule has 0 spiro atoms. The minimum atomic E-state index is 0.0200. The first kappa shape index (κ1) is 13.9. The summed E-state index contributed by atoms with van der Waals surface area (Å²) in [5.41, 5.74) is 2.84. The fraction of sp³-hybridized carbons (Fsp3) is 0.412. The number of amides is 1. The van der Waals surface area contributed by atoms with Crippen molar-refractivity contribution < 1.29 is 9.32 Å². The molecule has 1 aromatic heterocycles. The molecule has 1 aliphatic rings. The van der Waals surface area contributed by atoms with Crippen molar-refractivity contribution in [2.24, 2.45) is 0 Å². The third-order valence-electron chi connectivity index (χ3n) is 4.08. The number of aryl methyl sites for hydroxylation is 2. The molecule has 1 saturated heterocycles. The number of nitrogens with zero attached hydrogens (tertiary/aromatic N) is 2. The molecule has 1 amide bonds. The monoisotopic (exact) mass is 284 g/mol. The Morgan fingerprint density at radius 3 is 2.81 bits per heavy atom. The zero-order chi connectivity index (χ0) is 14.8. The molecule has 2 aromatic rings. The molecule has 0 unspecified atom stereocenters. The largest absolute Gasteiger partial charge is 0.359 e. The molecule has 110 valence electrons. The molecule has 0 N–H and O–H groups in total. The lowest BCUT2D eigenvalue weighted by Crippen LogP contribution is -2.30. The summed E-state index contributed by atoms with van der Waals surface area (Å²) >= 11 is 0. The van der Waals surface area contributed by atoms with E-state index in [2.05, 4.69) is 5.16 Å². The van der Waals surface area contributed by atoms with Crippen molar-refractivity contribution in [2.75, 3.05) is 6.54 Å². The fourth-order valence-corrected chi connectivity index (χ4v) is 2.82. The maximum Gasteiger partial charge on any atom is 0.254 e. The van der Waals surface area contributed by atoms with Gasteiger partial charge >= 0.3 is 0 Å². The van der Waals surface area contributed by atoms with Gasteiger partial charge in [0, 0.05) is 18.2 Å². The van der Waals surface area contributed by atoms with Gasteiger partial charge in [0.2, 0.25) is 0 Å². The van der Waals surface area contributed by atoms with Crippen molar-refractivity contribution in [3.8, 4) is 0 Å². The van der Waals surface area contributed by atoms with Gasteiger partial charge in [-0.2, -0.15) is 0 Å². The van der Waals surface area contributed by atoms with Gasteiger partial charge in [0.1, 0.15) is 0 Å². The zero-order valence-electron chi connectivity index (χ0n) is 12.5. The second-order valence-corrected chi connectivity index (χ2v) is 5.60. The zero-order valence-corrected chi connectivity index (χ0v) is 12.5. The normalized spacial score (nSPS) is 18.2. The standard InChI is InChI=1S/C17H20N2O2/c1-3-14-11-16(21-18-14)15-5-4-10-19(15)17(20)13-8-6-12(2)7-9-13/h6-9,11,15H,3-5,10H2,1-2H3/t15-/m0/s1. The Morgan fingerprint density at radius 2 is 2.14 bits per heavy atom. The predicted octanol–water partition coefficient (Wildman–Crippen LogP) is 3.52. The average Bonchev–Trinajstić information content (AvgIpc) is 3.15. The minimum Gasteiger partial charge on any atom is -0.359 e. The SMILES string of the molecule is CCc1cc([C@@H]2CCCN2C(=O)c2ccc(C)cc2)on1. The summed E-state index contributed by atoms with van der Waals surface area (Å²) in [5, 5.41) is 4.04. The smallest absolute Gasteiger partial charge is 0.254 e. The molecule has 0 bridgehead atoms. The van der Waals surface area contributed by atoms with Crippen molar-refractivity contribution in [1.29, 1.82) is 0 Å². The Labute approximate surface area is 124 Å². The Morgan fingerprint density at radius 1 is 1.38 bits per heavy atom. The van der Waals surface area contributed by atoms with E-state index in [0.29, 0.717) is 0 Å². The van der Waals surface area contributed by atoms with Crippen LogP contribution < -0.4 is 0 Å². The van der Waals surface area contributed by atoms with Gasteiger partial charge in [-0.1, -0.05) is 29.8 Å². The molecule has 21 heavy (non-hydrogen) atoms. The van der Waals surface area contributed by atoms with Crippen LogP contribution in [0.25, 0.3) is 0 Å². The predicted molar refractivity (Wildman–Crippen MR) is 80.1 cm³/mol. The summed E-state index contributed by atoms with van der Waals surface area (Å²) in [6.07, 6.45) is 2.79. The first-order valence-corrected chi connectivity index (χ1v) is 7.52. The molecular weight excluding hydrogens is 264 g/mol. The van der Waals surface area contributed by atoms with E-state index in [0.717, 1.165) is 48.4 Å². The Hall–Kier alpha value is -2.10. The van der Waals surface area contributed by atoms with Crippen LogP contribution >= 0.6 is 0 Å². The van der Waals surface area contributed by atoms with E-state index in [1.165, 1.54) is 0 Å². The number of likely N-dealkylation sites (tertiary alicyclic amines) is 1. The van der Waals surface area contributed by atoms with Crippen LogP contribution in [-0.2, 0) is 6.42 Å². The molecule has 4 nitrogen and oxygen atoms in total. The summed E-state index contributed by atoms with van der Waals surface area (Å²) in [4.78, 5) is 14.6. The number of carbonyl (C=O) groups is 1. The molecule has 2 heterocycles. The molecule has 1 atom stereocenters. The van der Waals surface area contributed by atoms with Crippen LogP contribution in [0.3, 0.4) is 0 Å². The van der Waals surface area contributed by atoms with E-state index in [4.69, 9.17) is 4.52 Å². The first-order chi connectivity index (χ1) is 10.2. The second kappa shape index (κ2) is 5.72. The summed E-state index contributed by atoms with van der Waals surface area (Å²) in [5.74, 6) is 0.886. The lowest BCUT2D eigenvalue weighted by molar-refractivity contribution is 0.0714. The van der Waals surface area contributed by atoms with Crippen LogP contribution in [-0.4, -0.2) is 22.5 Å².